The molecule has 0 atom stereocenters. The van der Waals surface area contributed by atoms with Crippen molar-refractivity contribution in [2.24, 2.45) is 0 Å². The van der Waals surface area contributed by atoms with Gasteiger partial charge in [0.15, 0.2) is 0 Å². The van der Waals surface area contributed by atoms with Gasteiger partial charge in [0.2, 0.25) is 0 Å². The van der Waals surface area contributed by atoms with Gasteiger partial charge in [-0.2, -0.15) is 0 Å². The number of halogens is 6. The Bertz CT molecular complexity index is 62.7. The number of rotatable bonds is 0. The fourth-order valence-corrected chi connectivity index (χ4v) is 0. The van der Waals surface area contributed by atoms with E-state index in [1.807, 2.05) is 0 Å². The van der Waals surface area contributed by atoms with Gasteiger partial charge in [0.05, 0.1) is 0 Å². The molecule has 0 spiro atoms. The summed E-state index contributed by atoms with van der Waals surface area (Å²) in [5.41, 5.74) is 0. The minimum absolute atomic E-state index is 2.03. The molecule has 0 aliphatic heterocycles. The van der Waals surface area contributed by atoms with Crippen LogP contribution in [0.4, 0.5) is 0 Å². The van der Waals surface area contributed by atoms with Gasteiger partial charge in [-0.15, -0.1) is 0 Å². The van der Waals surface area contributed by atoms with Gasteiger partial charge in [0, 0.05) is 0 Å². The molecule has 0 radical (unpaired) electrons. The van der Waals surface area contributed by atoms with Crippen molar-refractivity contribution >= 4 is 122 Å². The number of hydrogen-bond acceptors (Lipinski definition) is 0. The van der Waals surface area contributed by atoms with Crippen molar-refractivity contribution in [1.82, 2.24) is 0 Å². The van der Waals surface area contributed by atoms with Gasteiger partial charge in [-0.1, -0.05) is 0 Å². The molecule has 0 nitrogen and oxygen atoms in total. The van der Waals surface area contributed by atoms with Gasteiger partial charge in [0.1, 0.15) is 0 Å². The van der Waals surface area contributed by atoms with Crippen LogP contribution in [0.1, 0.15) is 0 Å². The second-order valence-electron chi connectivity index (χ2n) is 0.810. The Labute approximate surface area is 109 Å². The average Bonchev–Trinajstić information content (AvgIpc) is 0.592. The molecule has 7 heavy (non-hydrogen) atoms. The van der Waals surface area contributed by atoms with Crippen LogP contribution in [0.5, 0.6) is 0 Å². The van der Waals surface area contributed by atoms with Crippen molar-refractivity contribution in [2.75, 3.05) is 0 Å². The first kappa shape index (κ1) is 11.9. The van der Waals surface area contributed by atoms with Crippen LogP contribution in [0.2, 0.25) is 0 Å². The number of hydrogen-bond donors (Lipinski definition) is 0. The molecule has 7 heteroatoms. The van der Waals surface area contributed by atoms with Crippen LogP contribution in [0.3, 0.4) is 0 Å². The van der Waals surface area contributed by atoms with E-state index in [9.17, 15) is 0 Å². The van der Waals surface area contributed by atoms with Crippen molar-refractivity contribution in [3.8, 4) is 0 Å². The van der Waals surface area contributed by atoms with Crippen LogP contribution < -0.4 is 0 Å². The van der Waals surface area contributed by atoms with E-state index in [2.05, 4.69) is 122 Å². The molecule has 0 heterocycles. The Hall–Kier alpha value is 4.90. The molecule has 0 aliphatic carbocycles. The molecule has 0 aromatic carbocycles. The standard InChI is InChI=1S/6HI.Mn/h6*1H;/q;;;;;;+6/p-6. The summed E-state index contributed by atoms with van der Waals surface area (Å²) < 4.78 is -2.03. The molecule has 0 rings (SSSR count). The first-order chi connectivity index (χ1) is 2.45. The zero-order chi connectivity index (χ0) is 6.41. The van der Waals surface area contributed by atoms with Gasteiger partial charge >= 0.3 is 113 Å². The Morgan fingerprint density at radius 2 is 0.571 bits per heavy atom. The van der Waals surface area contributed by atoms with E-state index < -0.39 is -8.77 Å². The summed E-state index contributed by atoms with van der Waals surface area (Å²) in [5.74, 6) is 0. The molecule has 0 saturated heterocycles. The molecule has 0 fully saturated rings. The summed E-state index contributed by atoms with van der Waals surface area (Å²) in [4.78, 5) is 0. The molecule has 0 aromatic rings. The van der Waals surface area contributed by atoms with Gasteiger partial charge in [-0.25, -0.2) is 0 Å². The summed E-state index contributed by atoms with van der Waals surface area (Å²) in [5, 5.41) is 0. The predicted molar refractivity (Wildman–Crippen MR) is 84.1 cm³/mol. The summed E-state index contributed by atoms with van der Waals surface area (Å²) in [7, 11) is 0. The van der Waals surface area contributed by atoms with Gasteiger partial charge in [-0.3, -0.25) is 0 Å². The van der Waals surface area contributed by atoms with Gasteiger partial charge in [0.25, 0.3) is 0 Å². The zero-order valence-corrected chi connectivity index (χ0v) is 16.8. The topological polar surface area (TPSA) is 0 Å². The Balaban J connectivity index is 4.43. The summed E-state index contributed by atoms with van der Waals surface area (Å²) in [6, 6.07) is 0. The van der Waals surface area contributed by atoms with Crippen molar-refractivity contribution in [1.29, 1.82) is 0 Å². The normalized spacial score (nSPS) is 23.1. The van der Waals surface area contributed by atoms with Crippen molar-refractivity contribution in [3.05, 3.63) is 0 Å². The van der Waals surface area contributed by atoms with E-state index in [4.69, 9.17) is 0 Å². The Morgan fingerprint density at radius 3 is 0.571 bits per heavy atom. The third-order valence-electron chi connectivity index (χ3n) is 0. The molecule has 0 N–H and O–H groups in total. The molecule has 0 amide bonds. The van der Waals surface area contributed by atoms with Crippen LogP contribution in [-0.2, 0) is -8.77 Å². The van der Waals surface area contributed by atoms with E-state index in [1.165, 1.54) is 0 Å². The van der Waals surface area contributed by atoms with Gasteiger partial charge in [-0.05, 0) is 0 Å². The van der Waals surface area contributed by atoms with Crippen LogP contribution in [0, 0.1) is 0 Å². The summed E-state index contributed by atoms with van der Waals surface area (Å²) in [6.45, 7) is 0. The third kappa shape index (κ3) is 36.0. The molecule has 49 valence electrons. The Morgan fingerprint density at radius 1 is 0.571 bits per heavy atom. The first-order valence-corrected chi connectivity index (χ1v) is 23.7. The maximum atomic E-state index is 2.54. The molecule has 0 bridgehead atoms. The zero-order valence-electron chi connectivity index (χ0n) is 2.65. The van der Waals surface area contributed by atoms with Gasteiger partial charge < -0.3 is 0 Å². The van der Waals surface area contributed by atoms with Crippen LogP contribution in [-0.4, -0.2) is 0 Å². The summed E-state index contributed by atoms with van der Waals surface area (Å²) in [6.07, 6.45) is 0. The monoisotopic (exact) mass is 816 g/mol. The second kappa shape index (κ2) is 2.70. The van der Waals surface area contributed by atoms with E-state index >= 15 is 0 Å². The molecule has 0 aliphatic rings. The molecule has 0 aromatic heterocycles. The molecule has 0 unspecified atom stereocenters. The average molecular weight is 816 g/mol. The molecule has 0 saturated carbocycles. The van der Waals surface area contributed by atoms with E-state index in [1.54, 1.807) is 0 Å². The predicted octanol–water partition coefficient (Wildman–Crippen LogP) is 5.31. The van der Waals surface area contributed by atoms with Crippen LogP contribution in [0.25, 0.3) is 0 Å². The van der Waals surface area contributed by atoms with Crippen LogP contribution in [0.15, 0.2) is 0 Å². The van der Waals surface area contributed by atoms with Crippen molar-refractivity contribution < 1.29 is -8.77 Å². The maximum absolute atomic E-state index is 2.54. The van der Waals surface area contributed by atoms with E-state index in [-0.39, 0.29) is 0 Å². The third-order valence-corrected chi connectivity index (χ3v) is 0. The first-order valence-electron chi connectivity index (χ1n) is 0.857. The van der Waals surface area contributed by atoms with E-state index in [0.717, 1.165) is 0 Å². The molecular weight excluding hydrogens is 816 g/mol. The Kier molecular flexibility index (Phi) is 4.59. The van der Waals surface area contributed by atoms with Crippen molar-refractivity contribution in [2.45, 2.75) is 0 Å². The fraction of sp³-hybridized carbons (Fsp3) is 0. The SMILES string of the molecule is [I][Mn]([I])([I])([I])([I])[I]. The summed E-state index contributed by atoms with van der Waals surface area (Å²) >= 11 is 15.2. The molecular formula is I6Mn. The van der Waals surface area contributed by atoms with Crippen LogP contribution >= 0.6 is 122 Å². The quantitative estimate of drug-likeness (QED) is 0.230. The van der Waals surface area contributed by atoms with Crippen molar-refractivity contribution in [3.63, 3.8) is 0 Å². The fourth-order valence-electron chi connectivity index (χ4n) is 0. The second-order valence-corrected chi connectivity index (χ2v) is 150. The van der Waals surface area contributed by atoms with E-state index in [0.29, 0.717) is 0 Å². The minimum atomic E-state index is -2.03.